The number of fused-ring (bicyclic) bond motifs is 1. The number of hydrogen-bond acceptors (Lipinski definition) is 2. The lowest BCUT2D eigenvalue weighted by atomic mass is 9.91. The molecule has 0 aromatic heterocycles. The average Bonchev–Trinajstić information content (AvgIpc) is 2.99. The molecule has 0 saturated heterocycles. The first kappa shape index (κ1) is 15.6. The van der Waals surface area contributed by atoms with Crippen LogP contribution < -0.4 is 4.90 Å². The molecular formula is C20H29NO. The highest BCUT2D eigenvalue weighted by Gasteiger charge is 2.29. The first-order valence-corrected chi connectivity index (χ1v) is 8.82. The molecule has 1 aromatic carbocycles. The first-order valence-electron chi connectivity index (χ1n) is 8.82. The highest BCUT2D eigenvalue weighted by Crippen LogP contribution is 2.34. The van der Waals surface area contributed by atoms with Crippen molar-refractivity contribution in [2.75, 3.05) is 4.90 Å². The predicted molar refractivity (Wildman–Crippen MR) is 93.5 cm³/mol. The van der Waals surface area contributed by atoms with Crippen molar-refractivity contribution in [1.29, 1.82) is 0 Å². The van der Waals surface area contributed by atoms with Gasteiger partial charge >= 0.3 is 0 Å². The van der Waals surface area contributed by atoms with Crippen LogP contribution >= 0.6 is 0 Å². The Balaban J connectivity index is 1.67. The number of benzene rings is 1. The van der Waals surface area contributed by atoms with E-state index in [0.29, 0.717) is 24.3 Å². The summed E-state index contributed by atoms with van der Waals surface area (Å²) in [6, 6.07) is 10.0. The van der Waals surface area contributed by atoms with Gasteiger partial charge in [0.15, 0.2) is 0 Å². The van der Waals surface area contributed by atoms with Crippen LogP contribution in [0.2, 0.25) is 0 Å². The summed E-state index contributed by atoms with van der Waals surface area (Å²) in [7, 11) is 0. The summed E-state index contributed by atoms with van der Waals surface area (Å²) in [5.74, 6) is 0. The number of anilines is 1. The third kappa shape index (κ3) is 3.38. The fourth-order valence-corrected chi connectivity index (χ4v) is 4.03. The number of aryl methyl sites for hydroxylation is 1. The lowest BCUT2D eigenvalue weighted by molar-refractivity contribution is -0.00303. The Bertz CT molecular complexity index is 514. The Morgan fingerprint density at radius 3 is 2.59 bits per heavy atom. The third-order valence-corrected chi connectivity index (χ3v) is 4.96. The van der Waals surface area contributed by atoms with Gasteiger partial charge in [-0.25, -0.2) is 0 Å². The van der Waals surface area contributed by atoms with Crippen molar-refractivity contribution in [2.45, 2.75) is 77.2 Å². The Labute approximate surface area is 135 Å². The van der Waals surface area contributed by atoms with E-state index in [1.807, 2.05) is 0 Å². The molecule has 2 nitrogen and oxygen atoms in total. The molecule has 0 spiro atoms. The standard InChI is InChI=1S/C20H29NO/c1-15(2)21-18(13-12-17-8-4-7-11-20(17)21)14-16(3)22-19-9-5-6-10-19/h4-8,11,15-16,18-19H,9-10,12-14H2,1-3H3. The van der Waals surface area contributed by atoms with Crippen LogP contribution in [0, 0.1) is 0 Å². The van der Waals surface area contributed by atoms with Crippen LogP contribution in [-0.4, -0.2) is 24.3 Å². The van der Waals surface area contributed by atoms with Crippen LogP contribution in [-0.2, 0) is 11.2 Å². The van der Waals surface area contributed by atoms with Crippen molar-refractivity contribution in [1.82, 2.24) is 0 Å². The van der Waals surface area contributed by atoms with Gasteiger partial charge in [0.05, 0.1) is 12.2 Å². The van der Waals surface area contributed by atoms with Gasteiger partial charge in [0.1, 0.15) is 0 Å². The van der Waals surface area contributed by atoms with Crippen LogP contribution in [0.5, 0.6) is 0 Å². The third-order valence-electron chi connectivity index (χ3n) is 4.96. The van der Waals surface area contributed by atoms with Crippen LogP contribution in [0.3, 0.4) is 0 Å². The second-order valence-electron chi connectivity index (χ2n) is 7.07. The van der Waals surface area contributed by atoms with E-state index in [1.165, 1.54) is 24.1 Å². The van der Waals surface area contributed by atoms with Gasteiger partial charge in [-0.15, -0.1) is 0 Å². The molecule has 2 atom stereocenters. The molecule has 0 N–H and O–H groups in total. The summed E-state index contributed by atoms with van der Waals surface area (Å²) < 4.78 is 6.24. The summed E-state index contributed by atoms with van der Waals surface area (Å²) in [6.45, 7) is 6.86. The fraction of sp³-hybridized carbons (Fsp3) is 0.600. The van der Waals surface area contributed by atoms with E-state index >= 15 is 0 Å². The van der Waals surface area contributed by atoms with Gasteiger partial charge in [-0.2, -0.15) is 0 Å². The van der Waals surface area contributed by atoms with Gasteiger partial charge in [0.25, 0.3) is 0 Å². The van der Waals surface area contributed by atoms with Crippen molar-refractivity contribution in [3.63, 3.8) is 0 Å². The fourth-order valence-electron chi connectivity index (χ4n) is 4.03. The molecule has 0 fully saturated rings. The summed E-state index contributed by atoms with van der Waals surface area (Å²) in [4.78, 5) is 2.62. The van der Waals surface area contributed by atoms with Crippen molar-refractivity contribution >= 4 is 5.69 Å². The highest BCUT2D eigenvalue weighted by atomic mass is 16.5. The lowest BCUT2D eigenvalue weighted by Gasteiger charge is -2.43. The molecule has 1 aromatic rings. The van der Waals surface area contributed by atoms with Crippen LogP contribution in [0.15, 0.2) is 36.4 Å². The van der Waals surface area contributed by atoms with E-state index < -0.39 is 0 Å². The first-order chi connectivity index (χ1) is 10.6. The Morgan fingerprint density at radius 2 is 1.86 bits per heavy atom. The Hall–Kier alpha value is -1.28. The topological polar surface area (TPSA) is 12.5 Å². The molecule has 1 aliphatic carbocycles. The van der Waals surface area contributed by atoms with E-state index in [-0.39, 0.29) is 0 Å². The molecule has 0 saturated carbocycles. The van der Waals surface area contributed by atoms with Crippen LogP contribution in [0.1, 0.15) is 52.0 Å². The minimum Gasteiger partial charge on any atom is -0.375 e. The smallest absolute Gasteiger partial charge is 0.0647 e. The second kappa shape index (κ2) is 6.87. The van der Waals surface area contributed by atoms with E-state index in [0.717, 1.165) is 19.3 Å². The molecule has 0 bridgehead atoms. The van der Waals surface area contributed by atoms with Crippen LogP contribution in [0.25, 0.3) is 0 Å². The van der Waals surface area contributed by atoms with Gasteiger partial charge in [0.2, 0.25) is 0 Å². The lowest BCUT2D eigenvalue weighted by Crippen LogP contribution is -2.45. The SMILES string of the molecule is CC(CC1CCc2ccccc2N1C(C)C)OC1CC=CC1. The monoisotopic (exact) mass is 299 g/mol. The average molecular weight is 299 g/mol. The number of nitrogens with zero attached hydrogens (tertiary/aromatic N) is 1. The molecule has 2 aliphatic rings. The molecular weight excluding hydrogens is 270 g/mol. The second-order valence-corrected chi connectivity index (χ2v) is 7.07. The van der Waals surface area contributed by atoms with Crippen LogP contribution in [0.4, 0.5) is 5.69 Å². The van der Waals surface area contributed by atoms with Crippen molar-refractivity contribution in [2.24, 2.45) is 0 Å². The maximum Gasteiger partial charge on any atom is 0.0647 e. The molecule has 2 heteroatoms. The van der Waals surface area contributed by atoms with Crippen molar-refractivity contribution < 1.29 is 4.74 Å². The number of rotatable bonds is 5. The zero-order valence-corrected chi connectivity index (χ0v) is 14.2. The van der Waals surface area contributed by atoms with E-state index in [4.69, 9.17) is 4.74 Å². The number of ether oxygens (including phenoxy) is 1. The van der Waals surface area contributed by atoms with E-state index in [1.54, 1.807) is 0 Å². The minimum atomic E-state index is 0.335. The highest BCUT2D eigenvalue weighted by molar-refractivity contribution is 5.57. The molecule has 120 valence electrons. The van der Waals surface area contributed by atoms with Crippen molar-refractivity contribution in [3.05, 3.63) is 42.0 Å². The van der Waals surface area contributed by atoms with E-state index in [2.05, 4.69) is 62.1 Å². The molecule has 1 heterocycles. The molecule has 0 radical (unpaired) electrons. The van der Waals surface area contributed by atoms with Gasteiger partial charge < -0.3 is 9.64 Å². The van der Waals surface area contributed by atoms with Gasteiger partial charge in [0, 0.05) is 17.8 Å². The predicted octanol–water partition coefficient (Wildman–Crippen LogP) is 4.73. The Kier molecular flexibility index (Phi) is 4.87. The quantitative estimate of drug-likeness (QED) is 0.729. The maximum absolute atomic E-state index is 6.24. The number of hydrogen-bond donors (Lipinski definition) is 0. The van der Waals surface area contributed by atoms with Crippen molar-refractivity contribution in [3.8, 4) is 0 Å². The normalized spacial score (nSPS) is 23.1. The van der Waals surface area contributed by atoms with Gasteiger partial charge in [-0.1, -0.05) is 30.4 Å². The zero-order valence-electron chi connectivity index (χ0n) is 14.2. The van der Waals surface area contributed by atoms with Gasteiger partial charge in [-0.3, -0.25) is 0 Å². The Morgan fingerprint density at radius 1 is 1.14 bits per heavy atom. The number of para-hydroxylation sites is 1. The summed E-state index contributed by atoms with van der Waals surface area (Å²) in [5.41, 5.74) is 2.93. The van der Waals surface area contributed by atoms with Gasteiger partial charge in [-0.05, 0) is 64.5 Å². The zero-order chi connectivity index (χ0) is 15.5. The molecule has 0 amide bonds. The molecule has 1 aliphatic heterocycles. The minimum absolute atomic E-state index is 0.335. The summed E-state index contributed by atoms with van der Waals surface area (Å²) in [5, 5.41) is 0. The maximum atomic E-state index is 6.24. The molecule has 22 heavy (non-hydrogen) atoms. The largest absolute Gasteiger partial charge is 0.375 e. The summed E-state index contributed by atoms with van der Waals surface area (Å²) in [6.07, 6.45) is 11.0. The van der Waals surface area contributed by atoms with E-state index in [9.17, 15) is 0 Å². The molecule has 3 rings (SSSR count). The summed E-state index contributed by atoms with van der Waals surface area (Å²) >= 11 is 0. The molecule has 2 unspecified atom stereocenters.